The van der Waals surface area contributed by atoms with E-state index in [1.807, 2.05) is 17.8 Å². The van der Waals surface area contributed by atoms with Crippen molar-refractivity contribution in [3.05, 3.63) is 12.7 Å². The van der Waals surface area contributed by atoms with Gasteiger partial charge in [0.1, 0.15) is 0 Å². The molecule has 1 aliphatic heterocycles. The molecule has 1 N–H and O–H groups in total. The van der Waals surface area contributed by atoms with Crippen molar-refractivity contribution in [1.82, 2.24) is 5.32 Å². The Kier molecular flexibility index (Phi) is 7.14. The van der Waals surface area contributed by atoms with Crippen molar-refractivity contribution in [2.45, 2.75) is 25.8 Å². The fourth-order valence-corrected chi connectivity index (χ4v) is 2.59. The Morgan fingerprint density at radius 3 is 3.13 bits per heavy atom. The van der Waals surface area contributed by atoms with Crippen LogP contribution in [0.1, 0.15) is 19.8 Å². The van der Waals surface area contributed by atoms with Crippen molar-refractivity contribution in [1.29, 1.82) is 0 Å². The second-order valence-corrected chi connectivity index (χ2v) is 5.11. The summed E-state index contributed by atoms with van der Waals surface area (Å²) in [5, 5.41) is 3.64. The Morgan fingerprint density at radius 2 is 2.53 bits per heavy atom. The molecule has 0 aromatic heterocycles. The van der Waals surface area contributed by atoms with E-state index in [0.717, 1.165) is 31.4 Å². The highest BCUT2D eigenvalue weighted by atomic mass is 32.2. The zero-order valence-corrected chi connectivity index (χ0v) is 10.5. The van der Waals surface area contributed by atoms with Gasteiger partial charge in [-0.3, -0.25) is 0 Å². The van der Waals surface area contributed by atoms with E-state index in [1.54, 1.807) is 0 Å². The summed E-state index contributed by atoms with van der Waals surface area (Å²) in [4.78, 5) is 0. The molecule has 0 aromatic carbocycles. The van der Waals surface area contributed by atoms with Gasteiger partial charge in [0.25, 0.3) is 0 Å². The minimum Gasteiger partial charge on any atom is -0.381 e. The van der Waals surface area contributed by atoms with Gasteiger partial charge in [0.05, 0.1) is 6.61 Å². The molecule has 0 aliphatic carbocycles. The number of rotatable bonds is 8. The molecule has 0 spiro atoms. The van der Waals surface area contributed by atoms with E-state index < -0.39 is 0 Å². The molecule has 2 nitrogen and oxygen atoms in total. The monoisotopic (exact) mass is 229 g/mol. The van der Waals surface area contributed by atoms with E-state index in [4.69, 9.17) is 4.74 Å². The maximum Gasteiger partial charge on any atom is 0.0509 e. The molecule has 2 unspecified atom stereocenters. The van der Waals surface area contributed by atoms with E-state index in [-0.39, 0.29) is 0 Å². The molecule has 88 valence electrons. The van der Waals surface area contributed by atoms with Gasteiger partial charge in [-0.25, -0.2) is 0 Å². The molecule has 2 atom stereocenters. The first kappa shape index (κ1) is 13.1. The number of thioether (sulfide) groups is 1. The van der Waals surface area contributed by atoms with Crippen LogP contribution in [0.25, 0.3) is 0 Å². The molecular formula is C12H23NOS. The SMILES string of the molecule is C=CCSCCNC(CC)C1CCOC1. The van der Waals surface area contributed by atoms with Crippen LogP contribution in [0.5, 0.6) is 0 Å². The van der Waals surface area contributed by atoms with Gasteiger partial charge in [-0.05, 0) is 18.8 Å². The van der Waals surface area contributed by atoms with E-state index in [2.05, 4.69) is 18.8 Å². The molecule has 0 radical (unpaired) electrons. The minimum absolute atomic E-state index is 0.650. The van der Waals surface area contributed by atoms with Crippen LogP contribution in [-0.4, -0.2) is 37.3 Å². The van der Waals surface area contributed by atoms with Crippen LogP contribution in [0.2, 0.25) is 0 Å². The number of ether oxygens (including phenoxy) is 1. The van der Waals surface area contributed by atoms with Crippen LogP contribution in [0, 0.1) is 5.92 Å². The lowest BCUT2D eigenvalue weighted by Gasteiger charge is -2.22. The fourth-order valence-electron chi connectivity index (χ4n) is 2.00. The highest BCUT2D eigenvalue weighted by Crippen LogP contribution is 2.18. The van der Waals surface area contributed by atoms with Crippen molar-refractivity contribution >= 4 is 11.8 Å². The molecule has 1 saturated heterocycles. The van der Waals surface area contributed by atoms with E-state index in [0.29, 0.717) is 6.04 Å². The topological polar surface area (TPSA) is 21.3 Å². The summed E-state index contributed by atoms with van der Waals surface area (Å²) in [7, 11) is 0. The van der Waals surface area contributed by atoms with E-state index >= 15 is 0 Å². The molecule has 15 heavy (non-hydrogen) atoms. The Morgan fingerprint density at radius 1 is 1.67 bits per heavy atom. The summed E-state index contributed by atoms with van der Waals surface area (Å²) < 4.78 is 5.43. The lowest BCUT2D eigenvalue weighted by atomic mass is 9.97. The zero-order valence-electron chi connectivity index (χ0n) is 9.71. The molecule has 1 rings (SSSR count). The second-order valence-electron chi connectivity index (χ2n) is 3.96. The minimum atomic E-state index is 0.650. The number of hydrogen-bond donors (Lipinski definition) is 1. The normalized spacial score (nSPS) is 22.9. The van der Waals surface area contributed by atoms with Gasteiger partial charge in [-0.15, -0.1) is 6.58 Å². The molecule has 0 saturated carbocycles. The fraction of sp³-hybridized carbons (Fsp3) is 0.833. The molecule has 0 amide bonds. The van der Waals surface area contributed by atoms with Gasteiger partial charge in [-0.1, -0.05) is 13.0 Å². The molecule has 3 heteroatoms. The van der Waals surface area contributed by atoms with Crippen LogP contribution >= 0.6 is 11.8 Å². The van der Waals surface area contributed by atoms with Crippen molar-refractivity contribution in [2.24, 2.45) is 5.92 Å². The Balaban J connectivity index is 2.07. The third-order valence-electron chi connectivity index (χ3n) is 2.86. The predicted octanol–water partition coefficient (Wildman–Crippen LogP) is 2.31. The average Bonchev–Trinajstić information content (AvgIpc) is 2.77. The van der Waals surface area contributed by atoms with E-state index in [1.165, 1.54) is 18.6 Å². The largest absolute Gasteiger partial charge is 0.381 e. The quantitative estimate of drug-likeness (QED) is 0.510. The average molecular weight is 229 g/mol. The molecule has 1 aliphatic rings. The first-order chi connectivity index (χ1) is 7.38. The van der Waals surface area contributed by atoms with E-state index in [9.17, 15) is 0 Å². The Hall–Kier alpha value is 0.01000. The summed E-state index contributed by atoms with van der Waals surface area (Å²) in [5.74, 6) is 2.97. The summed E-state index contributed by atoms with van der Waals surface area (Å²) in [6, 6.07) is 0.650. The highest BCUT2D eigenvalue weighted by molar-refractivity contribution is 7.99. The Labute approximate surface area is 97.8 Å². The highest BCUT2D eigenvalue weighted by Gasteiger charge is 2.23. The predicted molar refractivity (Wildman–Crippen MR) is 68.5 cm³/mol. The lowest BCUT2D eigenvalue weighted by Crippen LogP contribution is -2.37. The maximum atomic E-state index is 5.43. The van der Waals surface area contributed by atoms with Gasteiger partial charge in [0, 0.05) is 30.7 Å². The zero-order chi connectivity index (χ0) is 10.9. The van der Waals surface area contributed by atoms with Crippen LogP contribution in [0.15, 0.2) is 12.7 Å². The van der Waals surface area contributed by atoms with Crippen LogP contribution in [0.4, 0.5) is 0 Å². The summed E-state index contributed by atoms with van der Waals surface area (Å²) in [5.41, 5.74) is 0. The molecule has 1 heterocycles. The number of hydrogen-bond acceptors (Lipinski definition) is 3. The molecule has 1 fully saturated rings. The first-order valence-electron chi connectivity index (χ1n) is 5.88. The van der Waals surface area contributed by atoms with Crippen LogP contribution in [-0.2, 0) is 4.74 Å². The molecule has 0 bridgehead atoms. The van der Waals surface area contributed by atoms with Crippen molar-refractivity contribution in [3.63, 3.8) is 0 Å². The van der Waals surface area contributed by atoms with Crippen LogP contribution < -0.4 is 5.32 Å². The first-order valence-corrected chi connectivity index (χ1v) is 7.03. The van der Waals surface area contributed by atoms with Gasteiger partial charge < -0.3 is 10.1 Å². The molecular weight excluding hydrogens is 206 g/mol. The van der Waals surface area contributed by atoms with Gasteiger partial charge in [0.2, 0.25) is 0 Å². The standard InChI is InChI=1S/C12H23NOS/c1-3-8-15-9-6-13-12(4-2)11-5-7-14-10-11/h3,11-13H,1,4-10H2,2H3. The van der Waals surface area contributed by atoms with Crippen molar-refractivity contribution in [3.8, 4) is 0 Å². The summed E-state index contributed by atoms with van der Waals surface area (Å²) in [6.07, 6.45) is 4.40. The van der Waals surface area contributed by atoms with Crippen molar-refractivity contribution < 1.29 is 4.74 Å². The molecule has 0 aromatic rings. The maximum absolute atomic E-state index is 5.43. The van der Waals surface area contributed by atoms with Gasteiger partial charge in [0.15, 0.2) is 0 Å². The summed E-state index contributed by atoms with van der Waals surface area (Å²) >= 11 is 1.94. The second kappa shape index (κ2) is 8.20. The van der Waals surface area contributed by atoms with Crippen molar-refractivity contribution in [2.75, 3.05) is 31.3 Å². The van der Waals surface area contributed by atoms with Gasteiger partial charge in [-0.2, -0.15) is 11.8 Å². The number of nitrogens with one attached hydrogen (secondary N) is 1. The van der Waals surface area contributed by atoms with Crippen LogP contribution in [0.3, 0.4) is 0 Å². The third-order valence-corrected chi connectivity index (χ3v) is 3.83. The van der Waals surface area contributed by atoms with Gasteiger partial charge >= 0.3 is 0 Å². The smallest absolute Gasteiger partial charge is 0.0509 e. The third kappa shape index (κ3) is 5.05. The Bertz CT molecular complexity index is 169. The summed E-state index contributed by atoms with van der Waals surface area (Å²) in [6.45, 7) is 8.98. The lowest BCUT2D eigenvalue weighted by molar-refractivity contribution is 0.176.